The Labute approximate surface area is 180 Å². The number of sulfone groups is 1. The van der Waals surface area contributed by atoms with Gasteiger partial charge < -0.3 is 14.5 Å². The Morgan fingerprint density at radius 2 is 1.83 bits per heavy atom. The van der Waals surface area contributed by atoms with Gasteiger partial charge in [-0.25, -0.2) is 13.4 Å². The summed E-state index contributed by atoms with van der Waals surface area (Å²) in [6, 6.07) is 10.4. The summed E-state index contributed by atoms with van der Waals surface area (Å²) in [5, 5.41) is 5.10. The topological polar surface area (TPSA) is 80.0 Å². The van der Waals surface area contributed by atoms with Gasteiger partial charge in [-0.05, 0) is 25.4 Å². The SMILES string of the molecule is COCc1cc(N2CCN(C)CC2)n2nc(SC)c(S(=O)(=O)c3ccccc3)c2n1. The number of piperazine rings is 1. The summed E-state index contributed by atoms with van der Waals surface area (Å²) in [4.78, 5) is 9.52. The van der Waals surface area contributed by atoms with Gasteiger partial charge in [-0.1, -0.05) is 18.2 Å². The first kappa shape index (κ1) is 21.1. The van der Waals surface area contributed by atoms with Gasteiger partial charge in [0.25, 0.3) is 0 Å². The molecule has 8 nitrogen and oxygen atoms in total. The number of rotatable bonds is 6. The largest absolute Gasteiger partial charge is 0.378 e. The second-order valence-corrected chi connectivity index (χ2v) is 9.90. The maximum absolute atomic E-state index is 13.5. The first-order valence-corrected chi connectivity index (χ1v) is 12.4. The third-order valence-electron chi connectivity index (χ3n) is 5.19. The molecule has 1 aliphatic rings. The zero-order valence-electron chi connectivity index (χ0n) is 17.3. The summed E-state index contributed by atoms with van der Waals surface area (Å²) in [7, 11) is -0.0860. The fraction of sp³-hybridized carbons (Fsp3) is 0.400. The van der Waals surface area contributed by atoms with Crippen molar-refractivity contribution in [2.24, 2.45) is 0 Å². The van der Waals surface area contributed by atoms with Crippen LogP contribution in [0.4, 0.5) is 5.82 Å². The van der Waals surface area contributed by atoms with E-state index < -0.39 is 9.84 Å². The van der Waals surface area contributed by atoms with E-state index >= 15 is 0 Å². The van der Waals surface area contributed by atoms with Crippen LogP contribution in [0.25, 0.3) is 5.65 Å². The first-order valence-electron chi connectivity index (χ1n) is 9.65. The van der Waals surface area contributed by atoms with Crippen LogP contribution >= 0.6 is 11.8 Å². The fourth-order valence-electron chi connectivity index (χ4n) is 3.58. The summed E-state index contributed by atoms with van der Waals surface area (Å²) in [5.74, 6) is 0.838. The molecule has 4 rings (SSSR count). The quantitative estimate of drug-likeness (QED) is 0.532. The predicted octanol–water partition coefficient (Wildman–Crippen LogP) is 2.18. The summed E-state index contributed by atoms with van der Waals surface area (Å²) in [6.45, 7) is 3.81. The van der Waals surface area contributed by atoms with Gasteiger partial charge in [-0.2, -0.15) is 9.61 Å². The van der Waals surface area contributed by atoms with Crippen LogP contribution in [-0.2, 0) is 21.2 Å². The van der Waals surface area contributed by atoms with Crippen LogP contribution in [0.1, 0.15) is 5.69 Å². The van der Waals surface area contributed by atoms with Crippen molar-refractivity contribution in [1.82, 2.24) is 19.5 Å². The van der Waals surface area contributed by atoms with Crippen molar-refractivity contribution in [3.63, 3.8) is 0 Å². The van der Waals surface area contributed by atoms with E-state index in [0.29, 0.717) is 23.0 Å². The normalized spacial score (nSPS) is 15.8. The minimum Gasteiger partial charge on any atom is -0.378 e. The number of likely N-dealkylation sites (N-methyl/N-ethyl adjacent to an activating group) is 1. The highest BCUT2D eigenvalue weighted by molar-refractivity contribution is 7.99. The molecular weight excluding hydrogens is 422 g/mol. The number of ether oxygens (including phenoxy) is 1. The molecule has 0 radical (unpaired) electrons. The molecular formula is C20H25N5O3S2. The van der Waals surface area contributed by atoms with Crippen molar-refractivity contribution >= 4 is 33.1 Å². The lowest BCUT2D eigenvalue weighted by molar-refractivity contribution is 0.181. The Hall–Kier alpha value is -2.14. The van der Waals surface area contributed by atoms with Gasteiger partial charge in [0.2, 0.25) is 9.84 Å². The molecule has 0 amide bonds. The van der Waals surface area contributed by atoms with E-state index in [1.54, 1.807) is 42.0 Å². The Balaban J connectivity index is 1.95. The standard InChI is InChI=1S/C20H25N5O3S2/c1-23-9-11-24(12-10-23)17-13-15(14-28-2)21-19-18(20(29-3)22-25(17)19)30(26,27)16-7-5-4-6-8-16/h4-8,13H,9-12,14H2,1-3H3. The van der Waals surface area contributed by atoms with E-state index in [2.05, 4.69) is 26.9 Å². The van der Waals surface area contributed by atoms with E-state index in [9.17, 15) is 8.42 Å². The molecule has 0 bridgehead atoms. The number of hydrogen-bond acceptors (Lipinski definition) is 8. The van der Waals surface area contributed by atoms with Crippen LogP contribution in [0.2, 0.25) is 0 Å². The maximum Gasteiger partial charge on any atom is 0.213 e. The molecule has 10 heteroatoms. The zero-order valence-corrected chi connectivity index (χ0v) is 18.9. The van der Waals surface area contributed by atoms with Gasteiger partial charge in [0.1, 0.15) is 10.8 Å². The number of nitrogens with zero attached hydrogens (tertiary/aromatic N) is 5. The molecule has 1 fully saturated rings. The smallest absolute Gasteiger partial charge is 0.213 e. The minimum atomic E-state index is -3.79. The third-order valence-corrected chi connectivity index (χ3v) is 7.79. The molecule has 3 aromatic rings. The molecule has 1 aliphatic heterocycles. The number of thioether (sulfide) groups is 1. The summed E-state index contributed by atoms with van der Waals surface area (Å²) >= 11 is 1.31. The van der Waals surface area contributed by atoms with E-state index in [1.165, 1.54) is 11.8 Å². The average Bonchev–Trinajstić information content (AvgIpc) is 3.14. The van der Waals surface area contributed by atoms with Crippen LogP contribution in [-0.4, -0.2) is 74.5 Å². The van der Waals surface area contributed by atoms with Crippen molar-refractivity contribution in [2.45, 2.75) is 21.4 Å². The Morgan fingerprint density at radius 3 is 2.47 bits per heavy atom. The lowest BCUT2D eigenvalue weighted by atomic mass is 10.3. The predicted molar refractivity (Wildman–Crippen MR) is 117 cm³/mol. The number of fused-ring (bicyclic) bond motifs is 1. The van der Waals surface area contributed by atoms with Crippen molar-refractivity contribution in [3.05, 3.63) is 42.1 Å². The average molecular weight is 448 g/mol. The van der Waals surface area contributed by atoms with Crippen molar-refractivity contribution in [2.75, 3.05) is 51.5 Å². The van der Waals surface area contributed by atoms with Gasteiger partial charge >= 0.3 is 0 Å². The van der Waals surface area contributed by atoms with Crippen LogP contribution < -0.4 is 4.90 Å². The molecule has 0 saturated carbocycles. The van der Waals surface area contributed by atoms with Gasteiger partial charge in [0, 0.05) is 39.4 Å². The molecule has 0 spiro atoms. The number of aromatic nitrogens is 3. The van der Waals surface area contributed by atoms with Crippen molar-refractivity contribution in [3.8, 4) is 0 Å². The van der Waals surface area contributed by atoms with Gasteiger partial charge in [-0.3, -0.25) is 0 Å². The molecule has 0 N–H and O–H groups in total. The number of hydrogen-bond donors (Lipinski definition) is 0. The maximum atomic E-state index is 13.5. The fourth-order valence-corrected chi connectivity index (χ4v) is 5.99. The highest BCUT2D eigenvalue weighted by Crippen LogP contribution is 2.34. The summed E-state index contributed by atoms with van der Waals surface area (Å²) in [6.07, 6.45) is 1.83. The highest BCUT2D eigenvalue weighted by atomic mass is 32.2. The lowest BCUT2D eigenvalue weighted by Crippen LogP contribution is -2.45. The molecule has 30 heavy (non-hydrogen) atoms. The van der Waals surface area contributed by atoms with E-state index in [-0.39, 0.29) is 9.79 Å². The molecule has 0 atom stereocenters. The van der Waals surface area contributed by atoms with E-state index in [1.807, 2.05) is 12.3 Å². The molecule has 1 saturated heterocycles. The summed E-state index contributed by atoms with van der Waals surface area (Å²) < 4.78 is 34.0. The number of anilines is 1. The van der Waals surface area contributed by atoms with Crippen molar-refractivity contribution < 1.29 is 13.2 Å². The Kier molecular flexibility index (Phi) is 6.01. The molecule has 2 aromatic heterocycles. The van der Waals surface area contributed by atoms with E-state index in [0.717, 1.165) is 32.0 Å². The second kappa shape index (κ2) is 8.54. The monoisotopic (exact) mass is 447 g/mol. The number of methoxy groups -OCH3 is 1. The van der Waals surface area contributed by atoms with Crippen LogP contribution in [0, 0.1) is 0 Å². The summed E-state index contributed by atoms with van der Waals surface area (Å²) in [5.41, 5.74) is 1.02. The Morgan fingerprint density at radius 1 is 1.13 bits per heavy atom. The van der Waals surface area contributed by atoms with Gasteiger partial charge in [-0.15, -0.1) is 11.8 Å². The molecule has 0 aliphatic carbocycles. The third kappa shape index (κ3) is 3.80. The van der Waals surface area contributed by atoms with Crippen LogP contribution in [0.5, 0.6) is 0 Å². The molecule has 160 valence electrons. The minimum absolute atomic E-state index is 0.148. The van der Waals surface area contributed by atoms with Crippen LogP contribution in [0.15, 0.2) is 51.2 Å². The molecule has 3 heterocycles. The molecule has 0 unspecified atom stereocenters. The molecule has 1 aromatic carbocycles. The van der Waals surface area contributed by atoms with Crippen LogP contribution in [0.3, 0.4) is 0 Å². The van der Waals surface area contributed by atoms with Gasteiger partial charge in [0.05, 0.1) is 17.2 Å². The van der Waals surface area contributed by atoms with Gasteiger partial charge in [0.15, 0.2) is 10.5 Å². The zero-order chi connectivity index (χ0) is 21.3. The number of benzene rings is 1. The first-order chi connectivity index (χ1) is 14.5. The lowest BCUT2D eigenvalue weighted by Gasteiger charge is -2.34. The highest BCUT2D eigenvalue weighted by Gasteiger charge is 2.30. The van der Waals surface area contributed by atoms with E-state index in [4.69, 9.17) is 4.74 Å². The second-order valence-electron chi connectivity index (χ2n) is 7.22. The van der Waals surface area contributed by atoms with Crippen molar-refractivity contribution in [1.29, 1.82) is 0 Å². The Bertz CT molecular complexity index is 1140.